The average Bonchev–Trinajstić information content (AvgIpc) is 2.78. The zero-order valence-electron chi connectivity index (χ0n) is 9.24. The second-order valence-electron chi connectivity index (χ2n) is 3.60. The molecule has 2 aromatic heterocycles. The van der Waals surface area contributed by atoms with E-state index in [0.29, 0.717) is 11.4 Å². The minimum atomic E-state index is -0.667. The Bertz CT molecular complexity index is 548. The van der Waals surface area contributed by atoms with Crippen LogP contribution >= 0.6 is 0 Å². The van der Waals surface area contributed by atoms with E-state index < -0.39 is 12.0 Å². The van der Waals surface area contributed by atoms with Crippen molar-refractivity contribution in [2.45, 2.75) is 13.0 Å². The number of nitrogens with two attached hydrogens (primary N) is 1. The zero-order chi connectivity index (χ0) is 12.4. The highest BCUT2D eigenvalue weighted by molar-refractivity contribution is 5.90. The smallest absolute Gasteiger partial charge is 0.269 e. The number of primary amides is 1. The second-order valence-corrected chi connectivity index (χ2v) is 3.60. The van der Waals surface area contributed by atoms with E-state index in [1.54, 1.807) is 31.5 Å². The highest BCUT2D eigenvalue weighted by atomic mass is 16.3. The summed E-state index contributed by atoms with van der Waals surface area (Å²) < 4.78 is 1.42. The first kappa shape index (κ1) is 11.3. The molecule has 3 N–H and O–H groups in total. The molecule has 0 aromatic carbocycles. The number of aliphatic hydroxyl groups excluding tert-OH is 1. The highest BCUT2D eigenvalue weighted by Crippen LogP contribution is 2.18. The van der Waals surface area contributed by atoms with Gasteiger partial charge in [-0.15, -0.1) is 0 Å². The number of pyridine rings is 1. The van der Waals surface area contributed by atoms with Gasteiger partial charge in [0.15, 0.2) is 5.82 Å². The van der Waals surface area contributed by atoms with Gasteiger partial charge in [0.25, 0.3) is 5.91 Å². The van der Waals surface area contributed by atoms with Crippen LogP contribution in [0.15, 0.2) is 30.6 Å². The Balaban J connectivity index is 2.48. The van der Waals surface area contributed by atoms with Gasteiger partial charge in [-0.25, -0.2) is 9.67 Å². The van der Waals surface area contributed by atoms with Gasteiger partial charge in [-0.1, -0.05) is 6.07 Å². The van der Waals surface area contributed by atoms with Crippen molar-refractivity contribution in [3.05, 3.63) is 41.9 Å². The number of carbonyl (C=O) groups excluding carboxylic acids is 1. The van der Waals surface area contributed by atoms with Crippen LogP contribution in [-0.2, 0) is 0 Å². The van der Waals surface area contributed by atoms with Gasteiger partial charge >= 0.3 is 0 Å². The number of hydrogen-bond acceptors (Lipinski definition) is 4. The number of carbonyl (C=O) groups is 1. The third-order valence-electron chi connectivity index (χ3n) is 2.33. The first-order valence-corrected chi connectivity index (χ1v) is 5.08. The molecule has 0 saturated heterocycles. The van der Waals surface area contributed by atoms with Crippen molar-refractivity contribution in [1.82, 2.24) is 14.8 Å². The van der Waals surface area contributed by atoms with E-state index in [1.807, 2.05) is 0 Å². The maximum absolute atomic E-state index is 10.9. The van der Waals surface area contributed by atoms with Crippen LogP contribution < -0.4 is 5.73 Å². The van der Waals surface area contributed by atoms with Crippen LogP contribution in [0.1, 0.15) is 29.1 Å². The number of aliphatic hydroxyl groups is 1. The first-order valence-electron chi connectivity index (χ1n) is 5.08. The van der Waals surface area contributed by atoms with Crippen LogP contribution in [0.25, 0.3) is 5.82 Å². The molecule has 0 fully saturated rings. The zero-order valence-corrected chi connectivity index (χ0v) is 9.24. The van der Waals surface area contributed by atoms with Gasteiger partial charge in [0, 0.05) is 18.0 Å². The second kappa shape index (κ2) is 4.34. The molecule has 6 nitrogen and oxygen atoms in total. The van der Waals surface area contributed by atoms with E-state index in [1.165, 1.54) is 10.7 Å². The Morgan fingerprint density at radius 3 is 2.88 bits per heavy atom. The minimum Gasteiger partial charge on any atom is -0.389 e. The Morgan fingerprint density at radius 1 is 1.53 bits per heavy atom. The Kier molecular flexibility index (Phi) is 2.88. The predicted octanol–water partition coefficient (Wildman–Crippen LogP) is 0.420. The molecule has 88 valence electrons. The summed E-state index contributed by atoms with van der Waals surface area (Å²) in [5, 5.41) is 13.6. The van der Waals surface area contributed by atoms with Crippen LogP contribution in [0.3, 0.4) is 0 Å². The number of nitrogens with zero attached hydrogens (tertiary/aromatic N) is 3. The molecule has 2 aromatic rings. The molecule has 2 rings (SSSR count). The molecular formula is C11H12N4O2. The maximum atomic E-state index is 10.9. The molecule has 6 heteroatoms. The third kappa shape index (κ3) is 2.16. The van der Waals surface area contributed by atoms with Crippen LogP contribution in [0, 0.1) is 0 Å². The summed E-state index contributed by atoms with van der Waals surface area (Å²) in [7, 11) is 0. The topological polar surface area (TPSA) is 94.0 Å². The first-order chi connectivity index (χ1) is 8.09. The lowest BCUT2D eigenvalue weighted by Gasteiger charge is -2.09. The molecular weight excluding hydrogens is 220 g/mol. The van der Waals surface area contributed by atoms with Gasteiger partial charge in [-0.2, -0.15) is 5.10 Å². The van der Waals surface area contributed by atoms with E-state index in [4.69, 9.17) is 5.73 Å². The maximum Gasteiger partial charge on any atom is 0.269 e. The number of amides is 1. The summed E-state index contributed by atoms with van der Waals surface area (Å²) in [6.45, 7) is 1.64. The van der Waals surface area contributed by atoms with E-state index in [0.717, 1.165) is 0 Å². The van der Waals surface area contributed by atoms with Gasteiger partial charge in [-0.3, -0.25) is 4.79 Å². The monoisotopic (exact) mass is 232 g/mol. The van der Waals surface area contributed by atoms with Gasteiger partial charge in [0.2, 0.25) is 0 Å². The summed E-state index contributed by atoms with van der Waals surface area (Å²) in [4.78, 5) is 15.1. The van der Waals surface area contributed by atoms with E-state index in [2.05, 4.69) is 10.1 Å². The summed E-state index contributed by atoms with van der Waals surface area (Å²) >= 11 is 0. The standard InChI is InChI=1S/C11H12N4O2/c1-7(16)8-3-2-5-13-11(8)15-6-4-9(14-15)10(12)17/h2-7,16H,1H3,(H2,12,17)/t7-/m0/s1. The van der Waals surface area contributed by atoms with Crippen LogP contribution in [0.5, 0.6) is 0 Å². The molecule has 1 atom stereocenters. The molecule has 1 amide bonds. The van der Waals surface area contributed by atoms with Gasteiger partial charge in [0.1, 0.15) is 5.69 Å². The molecule has 0 aliphatic carbocycles. The van der Waals surface area contributed by atoms with E-state index in [-0.39, 0.29) is 5.69 Å². The van der Waals surface area contributed by atoms with Gasteiger partial charge in [-0.05, 0) is 19.1 Å². The van der Waals surface area contributed by atoms with Crippen molar-refractivity contribution in [1.29, 1.82) is 0 Å². The summed E-state index contributed by atoms with van der Waals surface area (Å²) in [5.74, 6) is -0.117. The van der Waals surface area contributed by atoms with Crippen LogP contribution in [-0.4, -0.2) is 25.8 Å². The molecule has 0 aliphatic rings. The highest BCUT2D eigenvalue weighted by Gasteiger charge is 2.12. The summed E-state index contributed by atoms with van der Waals surface area (Å²) in [6, 6.07) is 4.98. The molecule has 17 heavy (non-hydrogen) atoms. The number of rotatable bonds is 3. The van der Waals surface area contributed by atoms with Crippen molar-refractivity contribution in [2.75, 3.05) is 0 Å². The fraction of sp³-hybridized carbons (Fsp3) is 0.182. The lowest BCUT2D eigenvalue weighted by molar-refractivity contribution is 0.0995. The van der Waals surface area contributed by atoms with Crippen LogP contribution in [0.4, 0.5) is 0 Å². The average molecular weight is 232 g/mol. The largest absolute Gasteiger partial charge is 0.389 e. The lowest BCUT2D eigenvalue weighted by Crippen LogP contribution is -2.13. The Hall–Kier alpha value is -2.21. The fourth-order valence-corrected chi connectivity index (χ4v) is 1.50. The van der Waals surface area contributed by atoms with E-state index in [9.17, 15) is 9.90 Å². The quantitative estimate of drug-likeness (QED) is 0.801. The molecule has 0 spiro atoms. The van der Waals surface area contributed by atoms with Crippen molar-refractivity contribution < 1.29 is 9.90 Å². The van der Waals surface area contributed by atoms with Gasteiger partial charge < -0.3 is 10.8 Å². The Labute approximate surface area is 97.7 Å². The summed E-state index contributed by atoms with van der Waals surface area (Å²) in [5.41, 5.74) is 5.91. The normalized spacial score (nSPS) is 12.4. The van der Waals surface area contributed by atoms with Crippen molar-refractivity contribution in [3.63, 3.8) is 0 Å². The van der Waals surface area contributed by atoms with Crippen molar-refractivity contribution in [2.24, 2.45) is 5.73 Å². The van der Waals surface area contributed by atoms with E-state index >= 15 is 0 Å². The minimum absolute atomic E-state index is 0.159. The van der Waals surface area contributed by atoms with Crippen molar-refractivity contribution in [3.8, 4) is 5.82 Å². The molecule has 0 saturated carbocycles. The molecule has 0 aliphatic heterocycles. The number of hydrogen-bond donors (Lipinski definition) is 2. The predicted molar refractivity (Wildman–Crippen MR) is 60.5 cm³/mol. The summed E-state index contributed by atoms with van der Waals surface area (Å²) in [6.07, 6.45) is 2.50. The van der Waals surface area contributed by atoms with Crippen LogP contribution in [0.2, 0.25) is 0 Å². The van der Waals surface area contributed by atoms with Crippen molar-refractivity contribution >= 4 is 5.91 Å². The molecule has 2 heterocycles. The SMILES string of the molecule is C[C@H](O)c1cccnc1-n1ccc(C(N)=O)n1. The number of aromatic nitrogens is 3. The lowest BCUT2D eigenvalue weighted by atomic mass is 10.1. The fourth-order valence-electron chi connectivity index (χ4n) is 1.50. The molecule has 0 unspecified atom stereocenters. The molecule has 0 radical (unpaired) electrons. The molecule has 0 bridgehead atoms. The third-order valence-corrected chi connectivity index (χ3v) is 2.33. The Morgan fingerprint density at radius 2 is 2.29 bits per heavy atom. The van der Waals surface area contributed by atoms with Gasteiger partial charge in [0.05, 0.1) is 6.10 Å².